The van der Waals surface area contributed by atoms with E-state index in [1.54, 1.807) is 13.2 Å². The number of rotatable bonds is 5. The lowest BCUT2D eigenvalue weighted by molar-refractivity contribution is -0.119. The summed E-state index contributed by atoms with van der Waals surface area (Å²) in [6.45, 7) is 6.59. The van der Waals surface area contributed by atoms with Gasteiger partial charge in [-0.25, -0.2) is 4.68 Å². The predicted molar refractivity (Wildman–Crippen MR) is 103 cm³/mol. The largest absolute Gasteiger partial charge is 0.489 e. The standard InChI is InChI=1S/C20H24FN5O2/c1-11(2)26-10-15(9-23-26)13-5-16-19(20(21)25(4)24-16)17(6-13)28-12(3)14-7-18(27)22-8-14/h5-6,9-12,14H,7-8H2,1-4H3,(H,22,27)/t12?,14-/m1/s1. The summed E-state index contributed by atoms with van der Waals surface area (Å²) in [5.41, 5.74) is 2.30. The molecule has 8 heteroatoms. The van der Waals surface area contributed by atoms with E-state index in [1.165, 1.54) is 4.68 Å². The zero-order valence-corrected chi connectivity index (χ0v) is 16.4. The first-order valence-corrected chi connectivity index (χ1v) is 9.47. The molecule has 7 nitrogen and oxygen atoms in total. The quantitative estimate of drug-likeness (QED) is 0.733. The van der Waals surface area contributed by atoms with Gasteiger partial charge in [0.1, 0.15) is 11.9 Å². The lowest BCUT2D eigenvalue weighted by Crippen LogP contribution is -2.25. The number of nitrogens with zero attached hydrogens (tertiary/aromatic N) is 4. The van der Waals surface area contributed by atoms with Gasteiger partial charge in [-0.1, -0.05) is 0 Å². The van der Waals surface area contributed by atoms with Crippen molar-refractivity contribution in [3.63, 3.8) is 0 Å². The Balaban J connectivity index is 1.75. The smallest absolute Gasteiger partial charge is 0.222 e. The van der Waals surface area contributed by atoms with Gasteiger partial charge < -0.3 is 10.1 Å². The number of aryl methyl sites for hydroxylation is 1. The SMILES string of the molecule is CC(Oc1cc(-c2cnn(C(C)C)c2)cc2nn(C)c(F)c12)[C@H]1CNC(=O)C1. The minimum Gasteiger partial charge on any atom is -0.489 e. The van der Waals surface area contributed by atoms with Crippen LogP contribution in [0.5, 0.6) is 5.75 Å². The van der Waals surface area contributed by atoms with Crippen LogP contribution in [0.4, 0.5) is 4.39 Å². The third-order valence-electron chi connectivity index (χ3n) is 5.28. The molecule has 3 aromatic rings. The average Bonchev–Trinajstić information content (AvgIpc) is 3.35. The fourth-order valence-electron chi connectivity index (χ4n) is 3.54. The molecule has 1 amide bonds. The zero-order valence-electron chi connectivity index (χ0n) is 16.4. The topological polar surface area (TPSA) is 74.0 Å². The molecule has 0 saturated carbocycles. The molecule has 1 N–H and O–H groups in total. The Morgan fingerprint density at radius 2 is 2.07 bits per heavy atom. The lowest BCUT2D eigenvalue weighted by Gasteiger charge is -2.20. The van der Waals surface area contributed by atoms with Crippen molar-refractivity contribution in [3.8, 4) is 16.9 Å². The highest BCUT2D eigenvalue weighted by Crippen LogP contribution is 2.35. The summed E-state index contributed by atoms with van der Waals surface area (Å²) >= 11 is 0. The maximum Gasteiger partial charge on any atom is 0.222 e. The van der Waals surface area contributed by atoms with Crippen LogP contribution in [0, 0.1) is 11.9 Å². The number of hydrogen-bond donors (Lipinski definition) is 1. The molecule has 2 aromatic heterocycles. The Labute approximate surface area is 162 Å². The van der Waals surface area contributed by atoms with E-state index >= 15 is 0 Å². The van der Waals surface area contributed by atoms with Crippen molar-refractivity contribution in [2.24, 2.45) is 13.0 Å². The van der Waals surface area contributed by atoms with E-state index < -0.39 is 5.95 Å². The second kappa shape index (κ2) is 6.92. The van der Waals surface area contributed by atoms with Crippen molar-refractivity contribution >= 4 is 16.8 Å². The molecule has 4 rings (SSSR count). The highest BCUT2D eigenvalue weighted by atomic mass is 19.1. The van der Waals surface area contributed by atoms with Crippen LogP contribution in [0.15, 0.2) is 24.5 Å². The molecule has 0 bridgehead atoms. The fraction of sp³-hybridized carbons (Fsp3) is 0.450. The van der Waals surface area contributed by atoms with Crippen LogP contribution in [0.25, 0.3) is 22.0 Å². The van der Waals surface area contributed by atoms with Gasteiger partial charge >= 0.3 is 0 Å². The van der Waals surface area contributed by atoms with Crippen LogP contribution in [0.1, 0.15) is 33.2 Å². The summed E-state index contributed by atoms with van der Waals surface area (Å²) in [4.78, 5) is 11.5. The van der Waals surface area contributed by atoms with Gasteiger partial charge in [0.05, 0.1) is 17.1 Å². The van der Waals surface area contributed by atoms with Gasteiger partial charge in [-0.3, -0.25) is 9.48 Å². The highest BCUT2D eigenvalue weighted by molar-refractivity contribution is 5.90. The van der Waals surface area contributed by atoms with E-state index in [-0.39, 0.29) is 24.0 Å². The van der Waals surface area contributed by atoms with Crippen LogP contribution in [-0.4, -0.2) is 38.1 Å². The first-order chi connectivity index (χ1) is 13.3. The normalized spacial score (nSPS) is 18.1. The molecular weight excluding hydrogens is 361 g/mol. The number of nitrogens with one attached hydrogen (secondary N) is 1. The molecule has 0 aliphatic carbocycles. The Hall–Kier alpha value is -2.90. The van der Waals surface area contributed by atoms with Gasteiger partial charge in [0.2, 0.25) is 11.9 Å². The number of aromatic nitrogens is 4. The second-order valence-corrected chi connectivity index (χ2v) is 7.68. The number of carbonyl (C=O) groups is 1. The third kappa shape index (κ3) is 3.23. The average molecular weight is 385 g/mol. The van der Waals surface area contributed by atoms with Gasteiger partial charge in [0.15, 0.2) is 0 Å². The highest BCUT2D eigenvalue weighted by Gasteiger charge is 2.29. The minimum absolute atomic E-state index is 0.0213. The maximum atomic E-state index is 14.7. The number of carbonyl (C=O) groups excluding carboxylic acids is 1. The molecule has 148 valence electrons. The second-order valence-electron chi connectivity index (χ2n) is 7.68. The van der Waals surface area contributed by atoms with Crippen molar-refractivity contribution in [1.29, 1.82) is 0 Å². The molecule has 1 fully saturated rings. The number of benzene rings is 1. The number of hydrogen-bond acceptors (Lipinski definition) is 4. The number of fused-ring (bicyclic) bond motifs is 1. The number of ether oxygens (including phenoxy) is 1. The Morgan fingerprint density at radius 3 is 2.71 bits per heavy atom. The molecule has 0 spiro atoms. The summed E-state index contributed by atoms with van der Waals surface area (Å²) in [5, 5.41) is 11.8. The summed E-state index contributed by atoms with van der Waals surface area (Å²) in [6.07, 6.45) is 3.92. The number of amides is 1. The van der Waals surface area contributed by atoms with Crippen molar-refractivity contribution < 1.29 is 13.9 Å². The van der Waals surface area contributed by atoms with Crippen LogP contribution in [-0.2, 0) is 11.8 Å². The predicted octanol–water partition coefficient (Wildman–Crippen LogP) is 3.06. The summed E-state index contributed by atoms with van der Waals surface area (Å²) in [6, 6.07) is 3.92. The van der Waals surface area contributed by atoms with Crippen molar-refractivity contribution in [1.82, 2.24) is 24.9 Å². The van der Waals surface area contributed by atoms with Gasteiger partial charge in [-0.2, -0.15) is 14.6 Å². The van der Waals surface area contributed by atoms with Crippen LogP contribution in [0.2, 0.25) is 0 Å². The molecule has 1 aliphatic rings. The lowest BCUT2D eigenvalue weighted by atomic mass is 10.0. The van der Waals surface area contributed by atoms with Gasteiger partial charge in [0.25, 0.3) is 0 Å². The number of halogens is 1. The monoisotopic (exact) mass is 385 g/mol. The van der Waals surface area contributed by atoms with Crippen LogP contribution < -0.4 is 10.1 Å². The Bertz CT molecular complexity index is 1040. The first kappa shape index (κ1) is 18.5. The summed E-state index contributed by atoms with van der Waals surface area (Å²) < 4.78 is 23.9. The van der Waals surface area contributed by atoms with Crippen molar-refractivity contribution in [2.75, 3.05) is 6.54 Å². The molecule has 1 aliphatic heterocycles. The summed E-state index contributed by atoms with van der Waals surface area (Å²) in [5.74, 6) is 0.0622. The molecule has 0 radical (unpaired) electrons. The van der Waals surface area contributed by atoms with Gasteiger partial charge in [-0.15, -0.1) is 0 Å². The van der Waals surface area contributed by atoms with Gasteiger partial charge in [-0.05, 0) is 38.5 Å². The van der Waals surface area contributed by atoms with Crippen molar-refractivity contribution in [3.05, 3.63) is 30.5 Å². The van der Waals surface area contributed by atoms with E-state index in [2.05, 4.69) is 29.4 Å². The molecule has 3 heterocycles. The fourth-order valence-corrected chi connectivity index (χ4v) is 3.54. The minimum atomic E-state index is -0.442. The van der Waals surface area contributed by atoms with E-state index in [1.807, 2.05) is 29.9 Å². The molecule has 1 saturated heterocycles. The van der Waals surface area contributed by atoms with E-state index in [9.17, 15) is 9.18 Å². The molecule has 2 atom stereocenters. The first-order valence-electron chi connectivity index (χ1n) is 9.47. The Morgan fingerprint density at radius 1 is 1.29 bits per heavy atom. The maximum absolute atomic E-state index is 14.7. The van der Waals surface area contributed by atoms with Crippen LogP contribution in [0.3, 0.4) is 0 Å². The third-order valence-corrected chi connectivity index (χ3v) is 5.28. The van der Waals surface area contributed by atoms with Crippen LogP contribution >= 0.6 is 0 Å². The van der Waals surface area contributed by atoms with E-state index in [0.717, 1.165) is 11.1 Å². The molecule has 28 heavy (non-hydrogen) atoms. The zero-order chi connectivity index (χ0) is 20.0. The molecule has 1 aromatic carbocycles. The molecule has 1 unspecified atom stereocenters. The van der Waals surface area contributed by atoms with E-state index in [4.69, 9.17) is 4.74 Å². The van der Waals surface area contributed by atoms with Gasteiger partial charge in [0, 0.05) is 43.7 Å². The molecular formula is C20H24FN5O2. The summed E-state index contributed by atoms with van der Waals surface area (Å²) in [7, 11) is 1.57. The van der Waals surface area contributed by atoms with E-state index in [0.29, 0.717) is 29.6 Å². The Kier molecular flexibility index (Phi) is 4.56. The van der Waals surface area contributed by atoms with Crippen molar-refractivity contribution in [2.45, 2.75) is 39.3 Å².